The zero-order chi connectivity index (χ0) is 17.9. The van der Waals surface area contributed by atoms with Gasteiger partial charge in [0.2, 0.25) is 0 Å². The van der Waals surface area contributed by atoms with Crippen LogP contribution in [0.1, 0.15) is 27.7 Å². The second-order valence-corrected chi connectivity index (χ2v) is 5.78. The van der Waals surface area contributed by atoms with E-state index in [-0.39, 0.29) is 47.7 Å². The van der Waals surface area contributed by atoms with E-state index >= 15 is 0 Å². The van der Waals surface area contributed by atoms with E-state index in [9.17, 15) is 9.59 Å². The molecule has 132 valence electrons. The van der Waals surface area contributed by atoms with Crippen LogP contribution >= 0.6 is 0 Å². The van der Waals surface area contributed by atoms with Crippen LogP contribution in [0.25, 0.3) is 0 Å². The molecule has 4 radical (unpaired) electrons. The Morgan fingerprint density at radius 2 is 0.920 bits per heavy atom. The molecule has 0 aliphatic rings. The van der Waals surface area contributed by atoms with E-state index in [2.05, 4.69) is 0 Å². The average molecular weight is 447 g/mol. The summed E-state index contributed by atoms with van der Waals surface area (Å²) in [4.78, 5) is 22.2. The molecule has 0 spiro atoms. The number of benzene rings is 2. The minimum absolute atomic E-state index is 0. The largest absolute Gasteiger partial charge is 0.426 e. The molecule has 0 amide bonds. The zero-order valence-corrected chi connectivity index (χ0v) is 17.9. The van der Waals surface area contributed by atoms with Gasteiger partial charge < -0.3 is 9.47 Å². The topological polar surface area (TPSA) is 52.6 Å². The molecule has 0 saturated carbocycles. The average Bonchev–Trinajstić information content (AvgIpc) is 2.57. The Labute approximate surface area is 166 Å². The van der Waals surface area contributed by atoms with Gasteiger partial charge in [-0.2, -0.15) is 0 Å². The first-order valence-corrected chi connectivity index (χ1v) is 7.93. The first-order valence-electron chi connectivity index (χ1n) is 7.93. The fourth-order valence-corrected chi connectivity index (χ4v) is 1.45. The van der Waals surface area contributed by atoms with Gasteiger partial charge in [-0.1, -0.05) is 64.1 Å². The van der Waals surface area contributed by atoms with Crippen molar-refractivity contribution < 1.29 is 19.1 Å². The normalized spacial score (nSPS) is 9.52. The Kier molecular flexibility index (Phi) is 11.6. The molecule has 0 bridgehead atoms. The van der Waals surface area contributed by atoms with Gasteiger partial charge in [0, 0.05) is 23.9 Å². The second-order valence-electron chi connectivity index (χ2n) is 5.78. The third-order valence-electron chi connectivity index (χ3n) is 2.87. The predicted molar refractivity (Wildman–Crippen MR) is 99.6 cm³/mol. The minimum atomic E-state index is -0.193. The van der Waals surface area contributed by atoms with Crippen LogP contribution in [0.15, 0.2) is 60.7 Å². The van der Waals surface area contributed by atoms with Crippen LogP contribution in [0, 0.1) is 11.8 Å². The van der Waals surface area contributed by atoms with E-state index in [0.717, 1.165) is 0 Å². The molecule has 0 unspecified atom stereocenters. The summed E-state index contributed by atoms with van der Waals surface area (Å²) in [6.07, 6.45) is 0. The Balaban J connectivity index is 0.000000443. The number of esters is 2. The molecule has 25 heavy (non-hydrogen) atoms. The molecular formula is C20H24O4Sn. The zero-order valence-electron chi connectivity index (χ0n) is 15.1. The molecule has 0 fully saturated rings. The molecule has 0 aliphatic heterocycles. The Morgan fingerprint density at radius 3 is 1.16 bits per heavy atom. The van der Waals surface area contributed by atoms with Gasteiger partial charge in [-0.3, -0.25) is 9.59 Å². The van der Waals surface area contributed by atoms with Crippen LogP contribution in [0.2, 0.25) is 0 Å². The molecule has 2 rings (SSSR count). The van der Waals surface area contributed by atoms with E-state index in [1.165, 1.54) is 0 Å². The first-order chi connectivity index (χ1) is 11.4. The number of rotatable bonds is 4. The van der Waals surface area contributed by atoms with E-state index in [1.54, 1.807) is 24.3 Å². The van der Waals surface area contributed by atoms with Gasteiger partial charge in [0.25, 0.3) is 0 Å². The summed E-state index contributed by atoms with van der Waals surface area (Å²) in [7, 11) is 0. The van der Waals surface area contributed by atoms with Crippen molar-refractivity contribution in [2.45, 2.75) is 27.7 Å². The monoisotopic (exact) mass is 448 g/mol. The number of carbonyl (C=O) groups is 2. The van der Waals surface area contributed by atoms with E-state index in [1.807, 2.05) is 64.1 Å². The summed E-state index contributed by atoms with van der Waals surface area (Å²) in [6.45, 7) is 7.24. The molecule has 0 N–H and O–H groups in total. The third-order valence-corrected chi connectivity index (χ3v) is 2.87. The maximum absolute atomic E-state index is 11.1. The van der Waals surface area contributed by atoms with Crippen LogP contribution in [0.5, 0.6) is 11.5 Å². The second kappa shape index (κ2) is 12.5. The number of hydrogen-bond donors (Lipinski definition) is 0. The molecule has 0 aliphatic carbocycles. The van der Waals surface area contributed by atoms with Gasteiger partial charge in [-0.25, -0.2) is 0 Å². The fourth-order valence-electron chi connectivity index (χ4n) is 1.45. The third kappa shape index (κ3) is 9.92. The van der Waals surface area contributed by atoms with Gasteiger partial charge in [0.1, 0.15) is 11.5 Å². The van der Waals surface area contributed by atoms with Crippen LogP contribution in [0.4, 0.5) is 0 Å². The predicted octanol–water partition coefficient (Wildman–Crippen LogP) is 4.12. The van der Waals surface area contributed by atoms with Crippen LogP contribution in [-0.2, 0) is 9.59 Å². The van der Waals surface area contributed by atoms with Crippen molar-refractivity contribution in [3.8, 4) is 11.5 Å². The van der Waals surface area contributed by atoms with Gasteiger partial charge in [-0.15, -0.1) is 0 Å². The molecular weight excluding hydrogens is 423 g/mol. The Bertz CT molecular complexity index is 567. The van der Waals surface area contributed by atoms with Crippen molar-refractivity contribution in [2.24, 2.45) is 11.8 Å². The quantitative estimate of drug-likeness (QED) is 0.402. The minimum Gasteiger partial charge on any atom is -0.426 e. The van der Waals surface area contributed by atoms with Crippen molar-refractivity contribution in [1.29, 1.82) is 0 Å². The summed E-state index contributed by atoms with van der Waals surface area (Å²) in [5.41, 5.74) is 0. The van der Waals surface area contributed by atoms with Gasteiger partial charge in [0.05, 0.1) is 11.8 Å². The summed E-state index contributed by atoms with van der Waals surface area (Å²) >= 11 is 0. The molecule has 2 aromatic rings. The van der Waals surface area contributed by atoms with Crippen molar-refractivity contribution >= 4 is 35.8 Å². The van der Waals surface area contributed by atoms with Gasteiger partial charge in [-0.05, 0) is 24.3 Å². The Morgan fingerprint density at radius 1 is 0.640 bits per heavy atom. The van der Waals surface area contributed by atoms with E-state index < -0.39 is 0 Å². The summed E-state index contributed by atoms with van der Waals surface area (Å²) < 4.78 is 10.1. The summed E-state index contributed by atoms with van der Waals surface area (Å²) in [5.74, 6) is 0.671. The molecule has 5 heteroatoms. The number of carbonyl (C=O) groups excluding carboxylic acids is 2. The number of ether oxygens (including phenoxy) is 2. The molecule has 0 atom stereocenters. The summed E-state index contributed by atoms with van der Waals surface area (Å²) in [6, 6.07) is 18.2. The standard InChI is InChI=1S/2C10H12O2.Sn/c2*1-8(2)10(11)12-9-6-4-3-5-7-9;/h2*3-8H,1-2H3;. The van der Waals surface area contributed by atoms with Gasteiger partial charge >= 0.3 is 11.9 Å². The van der Waals surface area contributed by atoms with Crippen molar-refractivity contribution in [1.82, 2.24) is 0 Å². The van der Waals surface area contributed by atoms with Crippen LogP contribution < -0.4 is 9.47 Å². The van der Waals surface area contributed by atoms with Crippen molar-refractivity contribution in [3.63, 3.8) is 0 Å². The number of para-hydroxylation sites is 2. The number of hydrogen-bond acceptors (Lipinski definition) is 4. The molecule has 0 saturated heterocycles. The van der Waals surface area contributed by atoms with Crippen LogP contribution in [0.3, 0.4) is 0 Å². The SMILES string of the molecule is CC(C)C(=O)Oc1ccccc1.CC(C)C(=O)Oc1ccccc1.[Sn]. The smallest absolute Gasteiger partial charge is 0.313 e. The maximum atomic E-state index is 11.1. The Hall–Kier alpha value is -1.82. The first kappa shape index (κ1) is 23.2. The molecule has 0 aromatic heterocycles. The fraction of sp³-hybridized carbons (Fsp3) is 0.300. The molecule has 0 heterocycles. The summed E-state index contributed by atoms with van der Waals surface area (Å²) in [5, 5.41) is 0. The van der Waals surface area contributed by atoms with Crippen molar-refractivity contribution in [2.75, 3.05) is 0 Å². The molecule has 2 aromatic carbocycles. The maximum Gasteiger partial charge on any atom is 0.313 e. The van der Waals surface area contributed by atoms with Crippen LogP contribution in [-0.4, -0.2) is 35.8 Å². The van der Waals surface area contributed by atoms with E-state index in [0.29, 0.717) is 11.5 Å². The van der Waals surface area contributed by atoms with Gasteiger partial charge in [0.15, 0.2) is 0 Å². The molecule has 4 nitrogen and oxygen atoms in total. The van der Waals surface area contributed by atoms with Crippen molar-refractivity contribution in [3.05, 3.63) is 60.7 Å². The van der Waals surface area contributed by atoms with E-state index in [4.69, 9.17) is 9.47 Å².